The van der Waals surface area contributed by atoms with Crippen molar-refractivity contribution in [2.24, 2.45) is 0 Å². The van der Waals surface area contributed by atoms with E-state index in [9.17, 15) is 10.5 Å². The number of hydrogen-bond donors (Lipinski definition) is 0. The van der Waals surface area contributed by atoms with Crippen molar-refractivity contribution in [3.05, 3.63) is 209 Å². The number of benzene rings is 5. The van der Waals surface area contributed by atoms with Gasteiger partial charge in [-0.1, -0.05) is 150 Å². The zero-order chi connectivity index (χ0) is 49.9. The average Bonchev–Trinajstić information content (AvgIpc) is 3.28. The van der Waals surface area contributed by atoms with E-state index in [1.54, 1.807) is 12.1 Å². The molecule has 0 aromatic heterocycles. The van der Waals surface area contributed by atoms with Gasteiger partial charge in [0.2, 0.25) is 0 Å². The number of nitrogens with zero attached hydrogens (tertiary/aromatic N) is 5. The van der Waals surface area contributed by atoms with Crippen LogP contribution in [0.3, 0.4) is 0 Å². The number of hydrogen-bond acceptors (Lipinski definition) is 2. The van der Waals surface area contributed by atoms with Gasteiger partial charge < -0.3 is 0 Å². The molecule has 0 heterocycles. The van der Waals surface area contributed by atoms with Crippen molar-refractivity contribution in [2.45, 2.75) is 105 Å². The Morgan fingerprint density at radius 1 is 0.368 bits per heavy atom. The molecule has 1 aliphatic carbocycles. The lowest BCUT2D eigenvalue weighted by Gasteiger charge is -2.22. The molecule has 0 spiro atoms. The lowest BCUT2D eigenvalue weighted by molar-refractivity contribution is 0.589. The first-order chi connectivity index (χ1) is 31.8. The van der Waals surface area contributed by atoms with Crippen molar-refractivity contribution < 1.29 is 0 Å². The smallest absolute Gasteiger partial charge is 0.194 e. The maximum Gasteiger partial charge on any atom is 0.194 e. The van der Waals surface area contributed by atoms with Crippen molar-refractivity contribution in [3.8, 4) is 24.5 Å². The number of rotatable bonds is 0. The molecule has 0 aliphatic heterocycles. The summed E-state index contributed by atoms with van der Waals surface area (Å²) in [4.78, 5) is 12.2. The van der Waals surface area contributed by atoms with Crippen molar-refractivity contribution in [2.75, 3.05) is 0 Å². The van der Waals surface area contributed by atoms with Crippen LogP contribution in [0.1, 0.15) is 167 Å². The number of terminal acetylenes is 1. The first-order valence-electron chi connectivity index (χ1n) is 22.6. The van der Waals surface area contributed by atoms with Crippen molar-refractivity contribution in [1.82, 2.24) is 0 Å². The third-order valence-corrected chi connectivity index (χ3v) is 12.1. The fraction of sp³-hybridized carbons (Fsp3) is 0.254. The Balaban J connectivity index is 1.78. The van der Waals surface area contributed by atoms with E-state index in [4.69, 9.17) is 26.1 Å². The molecule has 0 N–H and O–H groups in total. The lowest BCUT2D eigenvalue weighted by atomic mass is 9.83. The summed E-state index contributed by atoms with van der Waals surface area (Å²) in [5.74, 6) is 2.75. The van der Waals surface area contributed by atoms with Crippen LogP contribution in [0.25, 0.3) is 73.2 Å². The van der Waals surface area contributed by atoms with Crippen LogP contribution in [0.5, 0.6) is 0 Å². The Labute approximate surface area is 405 Å². The van der Waals surface area contributed by atoms with Gasteiger partial charge in [-0.05, 0) is 160 Å². The molecule has 0 atom stereocenters. The highest BCUT2D eigenvalue weighted by Gasteiger charge is 2.22. The molecular weight excluding hydrogens is 827 g/mol. The summed E-state index contributed by atoms with van der Waals surface area (Å²) >= 11 is 0. The number of allylic oxidation sites excluding steroid dienone is 2. The summed E-state index contributed by atoms with van der Waals surface area (Å²) in [6.45, 7) is 51.0. The third kappa shape index (κ3) is 11.4. The summed E-state index contributed by atoms with van der Waals surface area (Å²) in [7, 11) is 0. The van der Waals surface area contributed by atoms with Crippen LogP contribution in [0.4, 0.5) is 0 Å². The Bertz CT molecular complexity index is 3280. The highest BCUT2D eigenvalue weighted by molar-refractivity contribution is 5.96. The minimum atomic E-state index is -0.307. The van der Waals surface area contributed by atoms with E-state index >= 15 is 0 Å². The molecule has 1 aliphatic rings. The maximum atomic E-state index is 10.9. The third-order valence-electron chi connectivity index (χ3n) is 12.1. The van der Waals surface area contributed by atoms with E-state index in [2.05, 4.69) is 146 Å². The molecule has 334 valence electrons. The molecule has 6 rings (SSSR count). The molecule has 10 bridgehead atoms. The average molecular weight is 884 g/mol. The van der Waals surface area contributed by atoms with E-state index in [-0.39, 0.29) is 21.7 Å². The highest BCUT2D eigenvalue weighted by Crippen LogP contribution is 2.37. The van der Waals surface area contributed by atoms with E-state index in [0.29, 0.717) is 67.2 Å². The first kappa shape index (κ1) is 49.2. The summed E-state index contributed by atoms with van der Waals surface area (Å²) < 4.78 is 0. The second-order valence-corrected chi connectivity index (χ2v) is 21.6. The molecule has 0 saturated carbocycles. The molecule has 0 fully saturated rings. The van der Waals surface area contributed by atoms with Gasteiger partial charge in [0.25, 0.3) is 0 Å². The van der Waals surface area contributed by atoms with Gasteiger partial charge in [0.05, 0.1) is 43.0 Å². The summed E-state index contributed by atoms with van der Waals surface area (Å²) in [6.07, 6.45) is 15.3. The number of fused-ring (bicyclic) bond motifs is 10. The van der Waals surface area contributed by atoms with Gasteiger partial charge in [0, 0.05) is 5.56 Å². The quantitative estimate of drug-likeness (QED) is 0.115. The molecule has 0 amide bonds. The van der Waals surface area contributed by atoms with Gasteiger partial charge in [-0.3, -0.25) is 0 Å². The van der Waals surface area contributed by atoms with Crippen LogP contribution in [-0.2, 0) is 21.7 Å². The predicted molar refractivity (Wildman–Crippen MR) is 285 cm³/mol. The second-order valence-electron chi connectivity index (χ2n) is 21.6. The second kappa shape index (κ2) is 19.0. The van der Waals surface area contributed by atoms with E-state index in [1.807, 2.05) is 78.9 Å². The molecule has 5 nitrogen and oxygen atoms in total. The Kier molecular flexibility index (Phi) is 13.7. The van der Waals surface area contributed by atoms with Crippen LogP contribution in [-0.4, -0.2) is 0 Å². The monoisotopic (exact) mass is 883 g/mol. The van der Waals surface area contributed by atoms with Crippen LogP contribution in [0.2, 0.25) is 0 Å². The Morgan fingerprint density at radius 3 is 0.912 bits per heavy atom. The van der Waals surface area contributed by atoms with Crippen LogP contribution in [0.15, 0.2) is 91.0 Å². The van der Waals surface area contributed by atoms with Crippen molar-refractivity contribution in [3.63, 3.8) is 0 Å². The molecular formula is C63H57N5. The fourth-order valence-electron chi connectivity index (χ4n) is 7.95. The molecule has 0 unspecified atom stereocenters. The van der Waals surface area contributed by atoms with E-state index < -0.39 is 0 Å². The zero-order valence-electron chi connectivity index (χ0n) is 41.4. The van der Waals surface area contributed by atoms with Crippen LogP contribution < -0.4 is 0 Å². The maximum absolute atomic E-state index is 10.9. The molecule has 68 heavy (non-hydrogen) atoms. The van der Waals surface area contributed by atoms with Gasteiger partial charge >= 0.3 is 0 Å². The predicted octanol–water partition coefficient (Wildman–Crippen LogP) is 16.6. The van der Waals surface area contributed by atoms with Gasteiger partial charge in [0.15, 0.2) is 17.1 Å². The topological polar surface area (TPSA) is 60.7 Å². The molecule has 5 aromatic rings. The molecule has 5 heteroatoms. The first-order valence-corrected chi connectivity index (χ1v) is 22.6. The standard InChI is InChI=1S/C63H57N5/c1-17-40-18-41-20-46(19-40)51(38-64)25-42-21-47(34-53(27-42)60(2,3)4)52(39-65)26-43-22-48(35-54(28-43)61(5,6)7)58(67-15)32-45-24-50(37-56(30-45)63(11,12)13)59(68-16)33-44-23-49(57(31-41)66-14)36-55(29-44)62(8,9)10/h1,18-37H,2-13H3/b51-25?,52-26+,57-31-,58-32-,59-33-. The molecule has 0 saturated heterocycles. The fourth-order valence-corrected chi connectivity index (χ4v) is 7.95. The zero-order valence-corrected chi connectivity index (χ0v) is 41.4. The lowest BCUT2D eigenvalue weighted by Crippen LogP contribution is -2.12. The van der Waals surface area contributed by atoms with Crippen LogP contribution >= 0.6 is 0 Å². The van der Waals surface area contributed by atoms with Crippen LogP contribution in [0, 0.1) is 54.7 Å². The van der Waals surface area contributed by atoms with Gasteiger partial charge in [-0.2, -0.15) is 10.5 Å². The normalized spacial score (nSPS) is 16.4. The van der Waals surface area contributed by atoms with Gasteiger partial charge in [-0.25, -0.2) is 14.5 Å². The minimum Gasteiger partial charge on any atom is -0.238 e. The number of nitriles is 2. The summed E-state index contributed by atoms with van der Waals surface area (Å²) in [6, 6.07) is 34.6. The highest BCUT2D eigenvalue weighted by atomic mass is 14.7. The summed E-state index contributed by atoms with van der Waals surface area (Å²) in [5, 5.41) is 21.6. The Morgan fingerprint density at radius 2 is 0.632 bits per heavy atom. The van der Waals surface area contributed by atoms with Crippen molar-refractivity contribution in [1.29, 1.82) is 10.5 Å². The molecule has 0 radical (unpaired) electrons. The van der Waals surface area contributed by atoms with Crippen molar-refractivity contribution >= 4 is 58.6 Å². The molecule has 5 aromatic carbocycles. The minimum absolute atomic E-state index is 0.289. The van der Waals surface area contributed by atoms with E-state index in [1.165, 1.54) is 0 Å². The Hall–Kier alpha value is -8.19. The summed E-state index contributed by atoms with van der Waals surface area (Å²) in [5.41, 5.74) is 12.4. The van der Waals surface area contributed by atoms with Gasteiger partial charge in [0.1, 0.15) is 0 Å². The SMILES string of the molecule is [C-]#[N+]/C1=C\c2cc(C#C)cc(c2)C(C#N)=Cc2cc(cc(C(C)(C)C)c2)/C(C#N)=C/c2cc(cc(C(C)(C)C)c2)/C([N+]#[C-])=C/c2cc(cc(C(C)(C)C)c2)/C([N+]#[C-])=C/c2cc1cc(C(C)(C)C)c2. The largest absolute Gasteiger partial charge is 0.238 e. The van der Waals surface area contributed by atoms with Gasteiger partial charge in [-0.15, -0.1) is 6.42 Å². The van der Waals surface area contributed by atoms with E-state index in [0.717, 1.165) is 44.5 Å².